The summed E-state index contributed by atoms with van der Waals surface area (Å²) >= 11 is 0. The maximum absolute atomic E-state index is 12.3. The van der Waals surface area contributed by atoms with E-state index in [9.17, 15) is 4.79 Å². The fourth-order valence-electron chi connectivity index (χ4n) is 5.19. The fraction of sp³-hybridized carbons (Fsp3) is 0.720. The average Bonchev–Trinajstić information content (AvgIpc) is 2.73. The van der Waals surface area contributed by atoms with Crippen molar-refractivity contribution in [3.05, 3.63) is 29.8 Å². The molecule has 1 unspecified atom stereocenters. The number of amides is 1. The fourth-order valence-corrected chi connectivity index (χ4v) is 5.19. The van der Waals surface area contributed by atoms with Gasteiger partial charge in [0, 0.05) is 36.9 Å². The summed E-state index contributed by atoms with van der Waals surface area (Å²) in [6.45, 7) is 10.0. The van der Waals surface area contributed by atoms with Crippen LogP contribution in [0.4, 0.5) is 5.69 Å². The molecule has 2 saturated heterocycles. The molecule has 4 nitrogen and oxygen atoms in total. The van der Waals surface area contributed by atoms with Crippen molar-refractivity contribution in [3.8, 4) is 0 Å². The number of nitrogens with zero attached hydrogens (tertiary/aromatic N) is 2. The zero-order valence-electron chi connectivity index (χ0n) is 18.5. The first-order valence-corrected chi connectivity index (χ1v) is 12.0. The van der Waals surface area contributed by atoms with E-state index in [-0.39, 0.29) is 5.91 Å². The predicted molar refractivity (Wildman–Crippen MR) is 121 cm³/mol. The molecule has 2 heterocycles. The minimum Gasteiger partial charge on any atom is -0.371 e. The van der Waals surface area contributed by atoms with Gasteiger partial charge < -0.3 is 15.1 Å². The minimum atomic E-state index is 0.0488. The summed E-state index contributed by atoms with van der Waals surface area (Å²) in [5.74, 6) is 0.576. The van der Waals surface area contributed by atoms with Crippen molar-refractivity contribution in [2.75, 3.05) is 37.6 Å². The van der Waals surface area contributed by atoms with Gasteiger partial charge in [-0.05, 0) is 87.2 Å². The van der Waals surface area contributed by atoms with Crippen LogP contribution in [0.5, 0.6) is 0 Å². The molecule has 1 aliphatic carbocycles. The second kappa shape index (κ2) is 9.07. The van der Waals surface area contributed by atoms with Crippen molar-refractivity contribution in [2.24, 2.45) is 11.3 Å². The Kier molecular flexibility index (Phi) is 6.48. The first-order chi connectivity index (χ1) is 14.1. The van der Waals surface area contributed by atoms with Crippen molar-refractivity contribution in [3.63, 3.8) is 0 Å². The van der Waals surface area contributed by atoms with Crippen LogP contribution in [-0.4, -0.2) is 49.6 Å². The number of hydrogen-bond donors (Lipinski definition) is 1. The van der Waals surface area contributed by atoms with Crippen LogP contribution in [0.3, 0.4) is 0 Å². The monoisotopic (exact) mass is 397 g/mol. The van der Waals surface area contributed by atoms with Gasteiger partial charge in [-0.1, -0.05) is 26.7 Å². The minimum absolute atomic E-state index is 0.0488. The molecule has 29 heavy (non-hydrogen) atoms. The summed E-state index contributed by atoms with van der Waals surface area (Å²) in [6, 6.07) is 9.16. The first-order valence-electron chi connectivity index (χ1n) is 12.0. The van der Waals surface area contributed by atoms with Gasteiger partial charge in [-0.25, -0.2) is 0 Å². The highest BCUT2D eigenvalue weighted by Crippen LogP contribution is 2.43. The van der Waals surface area contributed by atoms with Crippen LogP contribution in [-0.2, 0) is 0 Å². The Labute approximate surface area is 177 Å². The van der Waals surface area contributed by atoms with Gasteiger partial charge in [0.05, 0.1) is 0 Å². The van der Waals surface area contributed by atoms with Crippen molar-refractivity contribution < 1.29 is 4.79 Å². The molecule has 1 N–H and O–H groups in total. The van der Waals surface area contributed by atoms with E-state index in [0.29, 0.717) is 11.3 Å². The maximum atomic E-state index is 12.3. The highest BCUT2D eigenvalue weighted by atomic mass is 16.1. The molecular weight excluding hydrogens is 358 g/mol. The molecule has 0 radical (unpaired) electrons. The second-order valence-electron chi connectivity index (χ2n) is 9.88. The SMILES string of the molecule is CCC(C)CNC(=O)c1ccc(N2CCC3(CC2)CCN(C2CCC2)CC3)cc1. The number of hydrogen-bond acceptors (Lipinski definition) is 3. The number of anilines is 1. The lowest BCUT2D eigenvalue weighted by Gasteiger charge is -2.50. The van der Waals surface area contributed by atoms with Gasteiger partial charge in [-0.2, -0.15) is 0 Å². The highest BCUT2D eigenvalue weighted by Gasteiger charge is 2.39. The van der Waals surface area contributed by atoms with Gasteiger partial charge >= 0.3 is 0 Å². The number of rotatable bonds is 6. The number of piperidine rings is 2. The zero-order chi connectivity index (χ0) is 20.3. The standard InChI is InChI=1S/C25H39N3O/c1-3-20(2)19-26-24(29)21-7-9-23(10-8-21)28-17-13-25(14-18-28)11-15-27(16-12-25)22-5-4-6-22/h7-10,20,22H,3-6,11-19H2,1-2H3,(H,26,29). The Morgan fingerprint density at radius 3 is 2.24 bits per heavy atom. The Balaban J connectivity index is 1.26. The molecule has 3 fully saturated rings. The Morgan fingerprint density at radius 2 is 1.69 bits per heavy atom. The van der Waals surface area contributed by atoms with Gasteiger partial charge in [0.15, 0.2) is 0 Å². The summed E-state index contributed by atoms with van der Waals surface area (Å²) < 4.78 is 0. The molecule has 4 heteroatoms. The smallest absolute Gasteiger partial charge is 0.251 e. The molecular formula is C25H39N3O. The Hall–Kier alpha value is -1.55. The van der Waals surface area contributed by atoms with E-state index in [1.165, 1.54) is 63.7 Å². The van der Waals surface area contributed by atoms with E-state index in [4.69, 9.17) is 0 Å². The molecule has 1 aromatic rings. The molecule has 160 valence electrons. The molecule has 2 aliphatic heterocycles. The normalized spacial score (nSPS) is 23.6. The molecule has 1 saturated carbocycles. The molecule has 1 amide bonds. The van der Waals surface area contributed by atoms with Crippen LogP contribution < -0.4 is 10.2 Å². The molecule has 1 aromatic carbocycles. The topological polar surface area (TPSA) is 35.6 Å². The third-order valence-electron chi connectivity index (χ3n) is 8.08. The molecule has 1 atom stereocenters. The quantitative estimate of drug-likeness (QED) is 0.756. The average molecular weight is 398 g/mol. The van der Waals surface area contributed by atoms with E-state index < -0.39 is 0 Å². The second-order valence-corrected chi connectivity index (χ2v) is 9.88. The van der Waals surface area contributed by atoms with Crippen LogP contribution >= 0.6 is 0 Å². The van der Waals surface area contributed by atoms with Gasteiger partial charge in [0.2, 0.25) is 0 Å². The molecule has 4 rings (SSSR count). The summed E-state index contributed by atoms with van der Waals surface area (Å²) in [6.07, 6.45) is 10.8. The third kappa shape index (κ3) is 4.79. The summed E-state index contributed by atoms with van der Waals surface area (Å²) in [5.41, 5.74) is 2.63. The van der Waals surface area contributed by atoms with Crippen molar-refractivity contribution in [1.29, 1.82) is 0 Å². The van der Waals surface area contributed by atoms with Gasteiger partial charge in [0.1, 0.15) is 0 Å². The maximum Gasteiger partial charge on any atom is 0.251 e. The van der Waals surface area contributed by atoms with E-state index >= 15 is 0 Å². The number of benzene rings is 1. The van der Waals surface area contributed by atoms with Crippen LogP contribution in [0.1, 0.15) is 75.6 Å². The van der Waals surface area contributed by atoms with Gasteiger partial charge in [0.25, 0.3) is 5.91 Å². The zero-order valence-corrected chi connectivity index (χ0v) is 18.5. The van der Waals surface area contributed by atoms with Crippen molar-refractivity contribution in [2.45, 2.75) is 71.3 Å². The largest absolute Gasteiger partial charge is 0.371 e. The third-order valence-corrected chi connectivity index (χ3v) is 8.08. The lowest BCUT2D eigenvalue weighted by Crippen LogP contribution is -2.50. The van der Waals surface area contributed by atoms with Crippen LogP contribution in [0.25, 0.3) is 0 Å². The molecule has 1 spiro atoms. The molecule has 3 aliphatic rings. The number of nitrogens with one attached hydrogen (secondary N) is 1. The highest BCUT2D eigenvalue weighted by molar-refractivity contribution is 5.94. The first kappa shape index (κ1) is 20.7. The van der Waals surface area contributed by atoms with E-state index in [1.807, 2.05) is 12.1 Å². The number of carbonyl (C=O) groups excluding carboxylic acids is 1. The van der Waals surface area contributed by atoms with Crippen LogP contribution in [0, 0.1) is 11.3 Å². The summed E-state index contributed by atoms with van der Waals surface area (Å²) in [5, 5.41) is 3.05. The lowest BCUT2D eigenvalue weighted by molar-refractivity contribution is 0.0306. The van der Waals surface area contributed by atoms with Crippen molar-refractivity contribution in [1.82, 2.24) is 10.2 Å². The number of carbonyl (C=O) groups is 1. The van der Waals surface area contributed by atoms with E-state index in [2.05, 4.69) is 41.1 Å². The molecule has 0 aromatic heterocycles. The predicted octanol–water partition coefficient (Wildman–Crippen LogP) is 4.70. The van der Waals surface area contributed by atoms with E-state index in [0.717, 1.165) is 37.7 Å². The van der Waals surface area contributed by atoms with Crippen LogP contribution in [0.15, 0.2) is 24.3 Å². The Morgan fingerprint density at radius 1 is 1.07 bits per heavy atom. The van der Waals surface area contributed by atoms with Gasteiger partial charge in [-0.15, -0.1) is 0 Å². The summed E-state index contributed by atoms with van der Waals surface area (Å²) in [7, 11) is 0. The lowest BCUT2D eigenvalue weighted by atomic mass is 9.70. The van der Waals surface area contributed by atoms with Crippen LogP contribution in [0.2, 0.25) is 0 Å². The summed E-state index contributed by atoms with van der Waals surface area (Å²) in [4.78, 5) is 17.6. The Bertz CT molecular complexity index is 664. The van der Waals surface area contributed by atoms with Gasteiger partial charge in [-0.3, -0.25) is 4.79 Å². The van der Waals surface area contributed by atoms with Crippen molar-refractivity contribution >= 4 is 11.6 Å². The molecule has 0 bridgehead atoms. The van der Waals surface area contributed by atoms with E-state index in [1.54, 1.807) is 0 Å². The number of likely N-dealkylation sites (tertiary alicyclic amines) is 1.